The first-order valence-corrected chi connectivity index (χ1v) is 6.47. The van der Waals surface area contributed by atoms with Crippen LogP contribution in [0, 0.1) is 12.7 Å². The van der Waals surface area contributed by atoms with Crippen molar-refractivity contribution in [2.75, 3.05) is 0 Å². The summed E-state index contributed by atoms with van der Waals surface area (Å²) >= 11 is 11.8. The zero-order valence-electron chi connectivity index (χ0n) is 10.2. The highest BCUT2D eigenvalue weighted by atomic mass is 35.5. The molecule has 2 aromatic rings. The van der Waals surface area contributed by atoms with Gasteiger partial charge in [-0.15, -0.1) is 0 Å². The molecule has 0 N–H and O–H groups in total. The maximum atomic E-state index is 13.3. The quantitative estimate of drug-likeness (QED) is 0.739. The van der Waals surface area contributed by atoms with Crippen LogP contribution in [-0.4, -0.2) is 5.78 Å². The molecule has 0 amide bonds. The van der Waals surface area contributed by atoms with E-state index < -0.39 is 5.82 Å². The SMILES string of the molecule is Cc1c(Cl)cccc1C(=O)Cc1cccc(F)c1Cl. The minimum Gasteiger partial charge on any atom is -0.294 e. The third-order valence-electron chi connectivity index (χ3n) is 2.95. The Bertz CT molecular complexity index is 638. The molecule has 0 aliphatic rings. The van der Waals surface area contributed by atoms with Crippen LogP contribution < -0.4 is 0 Å². The lowest BCUT2D eigenvalue weighted by Gasteiger charge is -2.08. The number of ketones is 1. The van der Waals surface area contributed by atoms with Crippen molar-refractivity contribution in [1.29, 1.82) is 0 Å². The van der Waals surface area contributed by atoms with Crippen LogP contribution in [0.3, 0.4) is 0 Å². The van der Waals surface area contributed by atoms with Crippen LogP contribution in [0.25, 0.3) is 0 Å². The highest BCUT2D eigenvalue weighted by Gasteiger charge is 2.14. The standard InChI is InChI=1S/C15H11Cl2FO/c1-9-11(5-3-6-12(9)16)14(19)8-10-4-2-7-13(18)15(10)17/h2-7H,8H2,1H3. The number of hydrogen-bond acceptors (Lipinski definition) is 1. The normalized spacial score (nSPS) is 10.5. The number of rotatable bonds is 3. The van der Waals surface area contributed by atoms with E-state index in [1.807, 2.05) is 0 Å². The third kappa shape index (κ3) is 2.96. The molecule has 2 aromatic carbocycles. The molecule has 0 spiro atoms. The van der Waals surface area contributed by atoms with Gasteiger partial charge in [0.05, 0.1) is 5.02 Å². The highest BCUT2D eigenvalue weighted by Crippen LogP contribution is 2.24. The van der Waals surface area contributed by atoms with Gasteiger partial charge in [-0.1, -0.05) is 47.5 Å². The largest absolute Gasteiger partial charge is 0.294 e. The Labute approximate surface area is 121 Å². The first kappa shape index (κ1) is 14.0. The average molecular weight is 297 g/mol. The maximum Gasteiger partial charge on any atom is 0.167 e. The Balaban J connectivity index is 2.31. The molecule has 0 saturated heterocycles. The van der Waals surface area contributed by atoms with E-state index in [-0.39, 0.29) is 17.2 Å². The van der Waals surface area contributed by atoms with E-state index in [0.717, 1.165) is 5.56 Å². The summed E-state index contributed by atoms with van der Waals surface area (Å²) in [5, 5.41) is 0.534. The molecule has 0 saturated carbocycles. The van der Waals surface area contributed by atoms with Crippen molar-refractivity contribution in [3.63, 3.8) is 0 Å². The van der Waals surface area contributed by atoms with E-state index in [4.69, 9.17) is 23.2 Å². The molecule has 0 fully saturated rings. The van der Waals surface area contributed by atoms with Gasteiger partial charge < -0.3 is 0 Å². The van der Waals surface area contributed by atoms with Gasteiger partial charge >= 0.3 is 0 Å². The number of Topliss-reactive ketones (excluding diaryl/α,β-unsaturated/α-hetero) is 1. The number of halogens is 3. The van der Waals surface area contributed by atoms with Crippen LogP contribution in [0.2, 0.25) is 10.0 Å². The van der Waals surface area contributed by atoms with Crippen LogP contribution in [-0.2, 0) is 6.42 Å². The fourth-order valence-corrected chi connectivity index (χ4v) is 2.23. The van der Waals surface area contributed by atoms with Gasteiger partial charge in [0, 0.05) is 17.0 Å². The Morgan fingerprint density at radius 2 is 1.84 bits per heavy atom. The molecule has 2 rings (SSSR count). The Hall–Kier alpha value is -1.38. The highest BCUT2D eigenvalue weighted by molar-refractivity contribution is 6.32. The summed E-state index contributed by atoms with van der Waals surface area (Å²) in [5.74, 6) is -0.651. The Morgan fingerprint density at radius 1 is 1.16 bits per heavy atom. The van der Waals surface area contributed by atoms with Gasteiger partial charge in [0.1, 0.15) is 5.82 Å². The van der Waals surface area contributed by atoms with Crippen molar-refractivity contribution in [2.45, 2.75) is 13.3 Å². The van der Waals surface area contributed by atoms with Crippen molar-refractivity contribution in [3.8, 4) is 0 Å². The molecule has 98 valence electrons. The molecule has 0 heterocycles. The molecule has 4 heteroatoms. The van der Waals surface area contributed by atoms with Gasteiger partial charge in [0.2, 0.25) is 0 Å². The van der Waals surface area contributed by atoms with Crippen LogP contribution in [0.15, 0.2) is 36.4 Å². The zero-order valence-corrected chi connectivity index (χ0v) is 11.7. The lowest BCUT2D eigenvalue weighted by Crippen LogP contribution is -2.06. The van der Waals surface area contributed by atoms with Crippen LogP contribution in [0.4, 0.5) is 4.39 Å². The Kier molecular flexibility index (Phi) is 4.23. The molecule has 0 atom stereocenters. The second kappa shape index (κ2) is 5.72. The monoisotopic (exact) mass is 296 g/mol. The van der Waals surface area contributed by atoms with Crippen molar-refractivity contribution in [3.05, 3.63) is 69.0 Å². The van der Waals surface area contributed by atoms with E-state index in [1.54, 1.807) is 31.2 Å². The van der Waals surface area contributed by atoms with Crippen LogP contribution in [0.1, 0.15) is 21.5 Å². The fourth-order valence-electron chi connectivity index (χ4n) is 1.86. The number of carbonyl (C=O) groups is 1. The Morgan fingerprint density at radius 3 is 2.58 bits per heavy atom. The van der Waals surface area contributed by atoms with Crippen LogP contribution >= 0.6 is 23.2 Å². The molecule has 0 aliphatic heterocycles. The number of hydrogen-bond donors (Lipinski definition) is 0. The molecular weight excluding hydrogens is 286 g/mol. The van der Waals surface area contributed by atoms with Gasteiger partial charge in [-0.05, 0) is 30.2 Å². The van der Waals surface area contributed by atoms with Crippen molar-refractivity contribution >= 4 is 29.0 Å². The van der Waals surface area contributed by atoms with Gasteiger partial charge in [0.25, 0.3) is 0 Å². The lowest BCUT2D eigenvalue weighted by molar-refractivity contribution is 0.0992. The van der Waals surface area contributed by atoms with Crippen LogP contribution in [0.5, 0.6) is 0 Å². The number of benzene rings is 2. The minimum absolute atomic E-state index is 0.00414. The molecule has 0 unspecified atom stereocenters. The summed E-state index contributed by atoms with van der Waals surface area (Å²) in [6, 6.07) is 9.59. The first-order valence-electron chi connectivity index (χ1n) is 5.72. The van der Waals surface area contributed by atoms with E-state index in [2.05, 4.69) is 0 Å². The van der Waals surface area contributed by atoms with E-state index in [1.165, 1.54) is 12.1 Å². The molecule has 1 nitrogen and oxygen atoms in total. The predicted octanol–water partition coefficient (Wildman–Crippen LogP) is 4.87. The summed E-state index contributed by atoms with van der Waals surface area (Å²) < 4.78 is 13.3. The average Bonchev–Trinajstić information content (AvgIpc) is 2.38. The van der Waals surface area contributed by atoms with Crippen molar-refractivity contribution < 1.29 is 9.18 Å². The second-order valence-corrected chi connectivity index (χ2v) is 5.01. The smallest absolute Gasteiger partial charge is 0.167 e. The summed E-state index contributed by atoms with van der Waals surface area (Å²) in [7, 11) is 0. The van der Waals surface area contributed by atoms with Gasteiger partial charge in [-0.2, -0.15) is 0 Å². The third-order valence-corrected chi connectivity index (χ3v) is 3.78. The number of carbonyl (C=O) groups excluding carboxylic acids is 1. The van der Waals surface area contributed by atoms with Gasteiger partial charge in [-0.3, -0.25) is 4.79 Å². The molecule has 0 aliphatic carbocycles. The second-order valence-electron chi connectivity index (χ2n) is 4.23. The molecule has 0 aromatic heterocycles. The first-order chi connectivity index (χ1) is 9.00. The van der Waals surface area contributed by atoms with Crippen molar-refractivity contribution in [1.82, 2.24) is 0 Å². The lowest BCUT2D eigenvalue weighted by atomic mass is 9.99. The van der Waals surface area contributed by atoms with E-state index in [9.17, 15) is 9.18 Å². The zero-order chi connectivity index (χ0) is 14.0. The predicted molar refractivity (Wildman–Crippen MR) is 75.6 cm³/mol. The summed E-state index contributed by atoms with van der Waals surface area (Å²) in [5.41, 5.74) is 1.74. The molecule has 0 radical (unpaired) electrons. The molecule has 0 bridgehead atoms. The molecular formula is C15H11Cl2FO. The van der Waals surface area contributed by atoms with E-state index >= 15 is 0 Å². The van der Waals surface area contributed by atoms with Crippen molar-refractivity contribution in [2.24, 2.45) is 0 Å². The fraction of sp³-hybridized carbons (Fsp3) is 0.133. The summed E-state index contributed by atoms with van der Waals surface area (Å²) in [6.07, 6.45) is 0.0533. The van der Waals surface area contributed by atoms with Gasteiger partial charge in [-0.25, -0.2) is 4.39 Å². The maximum absolute atomic E-state index is 13.3. The molecule has 19 heavy (non-hydrogen) atoms. The minimum atomic E-state index is -0.519. The summed E-state index contributed by atoms with van der Waals surface area (Å²) in [6.45, 7) is 1.78. The topological polar surface area (TPSA) is 17.1 Å². The van der Waals surface area contributed by atoms with E-state index in [0.29, 0.717) is 16.1 Å². The van der Waals surface area contributed by atoms with Gasteiger partial charge in [0.15, 0.2) is 5.78 Å². The summed E-state index contributed by atoms with van der Waals surface area (Å²) in [4.78, 5) is 12.2.